The maximum atomic E-state index is 12.5. The number of carbonyl (C=O) groups excluding carboxylic acids is 3. The average Bonchev–Trinajstić information content (AvgIpc) is 3.18. The van der Waals surface area contributed by atoms with Crippen molar-refractivity contribution in [2.45, 2.75) is 58.1 Å². The Hall–Kier alpha value is -2.41. The Morgan fingerprint density at radius 3 is 2.83 bits per heavy atom. The minimum atomic E-state index is -0.169. The second-order valence-corrected chi connectivity index (χ2v) is 9.11. The van der Waals surface area contributed by atoms with Crippen molar-refractivity contribution >= 4 is 23.4 Å². The lowest BCUT2D eigenvalue weighted by molar-refractivity contribution is -0.127. The number of nitrogens with one attached hydrogen (secondary N) is 3. The molecule has 3 amide bonds. The Kier molecular flexibility index (Phi) is 5.34. The Morgan fingerprint density at radius 1 is 1.28 bits per heavy atom. The molecule has 0 bridgehead atoms. The van der Waals surface area contributed by atoms with Crippen molar-refractivity contribution in [1.82, 2.24) is 10.6 Å². The lowest BCUT2D eigenvalue weighted by Gasteiger charge is -2.45. The summed E-state index contributed by atoms with van der Waals surface area (Å²) in [6.45, 7) is 5.14. The normalized spacial score (nSPS) is 27.4. The molecule has 2 heterocycles. The molecule has 1 aromatic carbocycles. The minimum Gasteiger partial charge on any atom is -0.376 e. The molecule has 2 fully saturated rings. The highest BCUT2D eigenvalue weighted by molar-refractivity contribution is 5.97. The zero-order valence-electron chi connectivity index (χ0n) is 17.0. The van der Waals surface area contributed by atoms with Crippen LogP contribution in [0, 0.1) is 11.3 Å². The Labute approximate surface area is 171 Å². The van der Waals surface area contributed by atoms with Gasteiger partial charge in [-0.2, -0.15) is 0 Å². The summed E-state index contributed by atoms with van der Waals surface area (Å²) in [4.78, 5) is 36.4. The van der Waals surface area contributed by atoms with Crippen LogP contribution in [0.5, 0.6) is 0 Å². The molecule has 1 aliphatic carbocycles. The fourth-order valence-electron chi connectivity index (χ4n) is 4.29. The van der Waals surface area contributed by atoms with Crippen molar-refractivity contribution in [1.29, 1.82) is 0 Å². The molecule has 0 spiro atoms. The third-order valence-corrected chi connectivity index (χ3v) is 6.54. The fraction of sp³-hybridized carbons (Fsp3) is 0.591. The lowest BCUT2D eigenvalue weighted by atomic mass is 9.67. The molecule has 156 valence electrons. The van der Waals surface area contributed by atoms with Crippen molar-refractivity contribution in [2.75, 3.05) is 18.5 Å². The van der Waals surface area contributed by atoms with Gasteiger partial charge in [0.15, 0.2) is 0 Å². The summed E-state index contributed by atoms with van der Waals surface area (Å²) in [6.07, 6.45) is 3.73. The van der Waals surface area contributed by atoms with Crippen molar-refractivity contribution in [3.05, 3.63) is 29.3 Å². The highest BCUT2D eigenvalue weighted by atomic mass is 16.5. The number of benzene rings is 1. The number of hydrogen-bond donors (Lipinski definition) is 3. The van der Waals surface area contributed by atoms with E-state index in [1.54, 1.807) is 12.1 Å². The number of aryl methyl sites for hydroxylation is 1. The molecular weight excluding hydrogens is 370 g/mol. The van der Waals surface area contributed by atoms with Gasteiger partial charge in [-0.15, -0.1) is 0 Å². The Balaban J connectivity index is 1.25. The van der Waals surface area contributed by atoms with Crippen LogP contribution in [0.1, 0.15) is 55.5 Å². The monoisotopic (exact) mass is 399 g/mol. The van der Waals surface area contributed by atoms with E-state index >= 15 is 0 Å². The van der Waals surface area contributed by atoms with E-state index in [0.29, 0.717) is 38.0 Å². The van der Waals surface area contributed by atoms with E-state index < -0.39 is 0 Å². The van der Waals surface area contributed by atoms with E-state index in [9.17, 15) is 14.4 Å². The Bertz CT molecular complexity index is 835. The molecule has 7 nitrogen and oxygen atoms in total. The number of ether oxygens (including phenoxy) is 1. The highest BCUT2D eigenvalue weighted by Crippen LogP contribution is 2.40. The maximum Gasteiger partial charge on any atom is 0.251 e. The summed E-state index contributed by atoms with van der Waals surface area (Å²) in [5.41, 5.74) is 2.50. The molecule has 4 rings (SSSR count). The van der Waals surface area contributed by atoms with Gasteiger partial charge in [0.1, 0.15) is 0 Å². The van der Waals surface area contributed by atoms with Gasteiger partial charge in [0.2, 0.25) is 11.8 Å². The lowest BCUT2D eigenvalue weighted by Crippen LogP contribution is -2.53. The van der Waals surface area contributed by atoms with Crippen molar-refractivity contribution in [3.8, 4) is 0 Å². The average molecular weight is 399 g/mol. The molecule has 0 aromatic heterocycles. The molecule has 7 heteroatoms. The molecule has 29 heavy (non-hydrogen) atoms. The second kappa shape index (κ2) is 7.78. The van der Waals surface area contributed by atoms with E-state index in [4.69, 9.17) is 4.74 Å². The molecule has 3 N–H and O–H groups in total. The number of hydrogen-bond acceptors (Lipinski definition) is 4. The van der Waals surface area contributed by atoms with E-state index in [1.165, 1.54) is 0 Å². The number of amides is 3. The van der Waals surface area contributed by atoms with E-state index in [2.05, 4.69) is 29.8 Å². The zero-order valence-corrected chi connectivity index (χ0v) is 17.0. The van der Waals surface area contributed by atoms with Crippen LogP contribution in [0.15, 0.2) is 18.2 Å². The second-order valence-electron chi connectivity index (χ2n) is 9.11. The first-order valence-electron chi connectivity index (χ1n) is 10.4. The van der Waals surface area contributed by atoms with Crippen LogP contribution in [0.2, 0.25) is 0 Å². The predicted molar refractivity (Wildman–Crippen MR) is 109 cm³/mol. The Morgan fingerprint density at radius 2 is 2.10 bits per heavy atom. The summed E-state index contributed by atoms with van der Waals surface area (Å²) < 4.78 is 5.74. The largest absolute Gasteiger partial charge is 0.376 e. The summed E-state index contributed by atoms with van der Waals surface area (Å²) in [6, 6.07) is 5.57. The summed E-state index contributed by atoms with van der Waals surface area (Å²) >= 11 is 0. The summed E-state index contributed by atoms with van der Waals surface area (Å²) in [5, 5.41) is 8.88. The standard InChI is InChI=1S/C22H29N3O4/c1-22(2)8-7-18(22)25-21(28)15-10-16(29-12-15)11-23-20(27)14-3-5-17-13(9-14)4-6-19(26)24-17/h3,5,9,15-16,18H,4,6-8,10-12H2,1-2H3,(H,23,27)(H,24,26)(H,25,28)/t15-,16-,18?/m0/s1. The van der Waals surface area contributed by atoms with Crippen molar-refractivity contribution in [3.63, 3.8) is 0 Å². The van der Waals surface area contributed by atoms with Gasteiger partial charge in [-0.3, -0.25) is 14.4 Å². The number of anilines is 1. The summed E-state index contributed by atoms with van der Waals surface area (Å²) in [7, 11) is 0. The molecule has 3 aliphatic rings. The maximum absolute atomic E-state index is 12.5. The van der Waals surface area contributed by atoms with Gasteiger partial charge in [-0.05, 0) is 54.9 Å². The molecular formula is C22H29N3O4. The number of carbonyl (C=O) groups is 3. The molecule has 3 atom stereocenters. The molecule has 0 radical (unpaired) electrons. The zero-order chi connectivity index (χ0) is 20.6. The van der Waals surface area contributed by atoms with Crippen LogP contribution in [0.3, 0.4) is 0 Å². The van der Waals surface area contributed by atoms with Crippen LogP contribution in [0.4, 0.5) is 5.69 Å². The van der Waals surface area contributed by atoms with E-state index in [0.717, 1.165) is 24.1 Å². The van der Waals surface area contributed by atoms with Crippen LogP contribution in [0.25, 0.3) is 0 Å². The van der Waals surface area contributed by atoms with E-state index in [-0.39, 0.29) is 41.2 Å². The summed E-state index contributed by atoms with van der Waals surface area (Å²) in [5.74, 6) is -0.251. The smallest absolute Gasteiger partial charge is 0.251 e. The van der Waals surface area contributed by atoms with Gasteiger partial charge in [-0.1, -0.05) is 13.8 Å². The number of rotatable bonds is 5. The first-order valence-corrected chi connectivity index (χ1v) is 10.4. The topological polar surface area (TPSA) is 96.5 Å². The molecule has 1 unspecified atom stereocenters. The molecule has 1 aromatic rings. The van der Waals surface area contributed by atoms with Gasteiger partial charge in [0.05, 0.1) is 18.6 Å². The third kappa shape index (κ3) is 4.29. The van der Waals surface area contributed by atoms with Gasteiger partial charge >= 0.3 is 0 Å². The first kappa shape index (κ1) is 19.9. The van der Waals surface area contributed by atoms with Crippen LogP contribution in [-0.4, -0.2) is 43.0 Å². The predicted octanol–water partition coefficient (Wildman–Crippen LogP) is 2.01. The molecule has 1 saturated heterocycles. The molecule has 2 aliphatic heterocycles. The first-order chi connectivity index (χ1) is 13.8. The van der Waals surface area contributed by atoms with E-state index in [1.807, 2.05) is 6.07 Å². The van der Waals surface area contributed by atoms with Crippen LogP contribution >= 0.6 is 0 Å². The minimum absolute atomic E-state index is 0.00699. The SMILES string of the molecule is CC1(C)CCC1NC(=O)[C@@H]1CO[C@H](CNC(=O)c2ccc3c(c2)CCC(=O)N3)C1. The van der Waals surface area contributed by atoms with Gasteiger partial charge in [0, 0.05) is 30.3 Å². The highest BCUT2D eigenvalue weighted by Gasteiger charge is 2.41. The quantitative estimate of drug-likeness (QED) is 0.706. The van der Waals surface area contributed by atoms with Crippen LogP contribution in [-0.2, 0) is 20.7 Å². The van der Waals surface area contributed by atoms with Gasteiger partial charge in [0.25, 0.3) is 5.91 Å². The number of fused-ring (bicyclic) bond motifs is 1. The van der Waals surface area contributed by atoms with Crippen LogP contribution < -0.4 is 16.0 Å². The fourth-order valence-corrected chi connectivity index (χ4v) is 4.29. The molecule has 1 saturated carbocycles. The van der Waals surface area contributed by atoms with Gasteiger partial charge < -0.3 is 20.7 Å². The van der Waals surface area contributed by atoms with Gasteiger partial charge in [-0.25, -0.2) is 0 Å². The third-order valence-electron chi connectivity index (χ3n) is 6.54. The van der Waals surface area contributed by atoms with Crippen molar-refractivity contribution in [2.24, 2.45) is 11.3 Å². The van der Waals surface area contributed by atoms with Crippen molar-refractivity contribution < 1.29 is 19.1 Å².